The minimum Gasteiger partial charge on any atom is -0.339 e. The molecule has 0 N–H and O–H groups in total. The van der Waals surface area contributed by atoms with Gasteiger partial charge in [0.05, 0.1) is 6.54 Å². The van der Waals surface area contributed by atoms with Crippen molar-refractivity contribution in [2.24, 2.45) is 0 Å². The summed E-state index contributed by atoms with van der Waals surface area (Å²) in [6, 6.07) is 0.471. The van der Waals surface area contributed by atoms with Crippen LogP contribution >= 0.6 is 22.9 Å². The average molecular weight is 268 g/mol. The van der Waals surface area contributed by atoms with Crippen LogP contribution in [-0.2, 0) is 4.79 Å². The van der Waals surface area contributed by atoms with Crippen LogP contribution in [0.4, 0.5) is 0 Å². The van der Waals surface area contributed by atoms with Crippen molar-refractivity contribution in [3.8, 4) is 0 Å². The highest BCUT2D eigenvalue weighted by atomic mass is 127. The molecular weight excluding hydrogens is 255 g/mol. The molecule has 0 aromatic heterocycles. The number of likely N-dealkylation sites (N-methyl/N-ethyl adjacent to an activating group) is 1. The minimum absolute atomic E-state index is 0.251. The molecule has 1 aliphatic heterocycles. The van der Waals surface area contributed by atoms with Gasteiger partial charge in [-0.25, -0.2) is 3.11 Å². The number of carbonyl (C=O) groups is 1. The van der Waals surface area contributed by atoms with Crippen LogP contribution in [0.2, 0.25) is 0 Å². The molecule has 0 aromatic rings. The largest absolute Gasteiger partial charge is 0.339 e. The zero-order valence-corrected chi connectivity index (χ0v) is 9.04. The summed E-state index contributed by atoms with van der Waals surface area (Å²) in [6.45, 7) is 3.57. The number of halogens is 1. The lowest BCUT2D eigenvalue weighted by molar-refractivity contribution is -0.137. The van der Waals surface area contributed by atoms with E-state index in [9.17, 15) is 4.79 Å². The van der Waals surface area contributed by atoms with Gasteiger partial charge in [-0.05, 0) is 20.4 Å². The maximum atomic E-state index is 11.3. The third-order valence-electron chi connectivity index (χ3n) is 1.99. The van der Waals surface area contributed by atoms with E-state index in [2.05, 4.69) is 29.8 Å². The van der Waals surface area contributed by atoms with Crippen molar-refractivity contribution < 1.29 is 4.79 Å². The highest BCUT2D eigenvalue weighted by Crippen LogP contribution is 2.16. The summed E-state index contributed by atoms with van der Waals surface area (Å²) in [5.74, 6) is 0.251. The summed E-state index contributed by atoms with van der Waals surface area (Å²) < 4.78 is 1.88. The molecule has 0 bridgehead atoms. The molecule has 64 valence electrons. The summed E-state index contributed by atoms with van der Waals surface area (Å²) in [7, 11) is 1.91. The zero-order chi connectivity index (χ0) is 8.43. The predicted octanol–water partition coefficient (Wildman–Crippen LogP) is 0.889. The number of hydrogen-bond acceptors (Lipinski definition) is 2. The van der Waals surface area contributed by atoms with Crippen LogP contribution in [0, 0.1) is 0 Å². The molecule has 3 nitrogen and oxygen atoms in total. The molecule has 1 aliphatic rings. The van der Waals surface area contributed by atoms with Gasteiger partial charge in [0.2, 0.25) is 5.91 Å². The number of carbonyl (C=O) groups excluding carboxylic acids is 1. The lowest BCUT2D eigenvalue weighted by Gasteiger charge is -2.39. The van der Waals surface area contributed by atoms with E-state index >= 15 is 0 Å². The standard InChI is InChI=1S/C7H13IN2O/c1-6-3-4-10(6)7(11)5-9(2)8/h6H,3-5H2,1-2H3. The second-order valence-electron chi connectivity index (χ2n) is 2.99. The van der Waals surface area contributed by atoms with Gasteiger partial charge in [0, 0.05) is 35.5 Å². The van der Waals surface area contributed by atoms with Crippen molar-refractivity contribution in [3.63, 3.8) is 0 Å². The summed E-state index contributed by atoms with van der Waals surface area (Å²) in [5.41, 5.74) is 0. The Morgan fingerprint density at radius 3 is 2.73 bits per heavy atom. The van der Waals surface area contributed by atoms with Gasteiger partial charge in [0.25, 0.3) is 0 Å². The van der Waals surface area contributed by atoms with Gasteiger partial charge < -0.3 is 4.90 Å². The molecule has 0 aliphatic carbocycles. The molecule has 1 atom stereocenters. The molecule has 1 rings (SSSR count). The van der Waals surface area contributed by atoms with E-state index in [-0.39, 0.29) is 5.91 Å². The monoisotopic (exact) mass is 268 g/mol. The Kier molecular flexibility index (Phi) is 3.12. The Labute approximate surface area is 81.2 Å². The van der Waals surface area contributed by atoms with Gasteiger partial charge in [-0.1, -0.05) is 0 Å². The van der Waals surface area contributed by atoms with E-state index in [1.165, 1.54) is 0 Å². The maximum absolute atomic E-state index is 11.3. The van der Waals surface area contributed by atoms with Crippen LogP contribution in [-0.4, -0.2) is 40.1 Å². The Balaban J connectivity index is 2.30. The number of hydrogen-bond donors (Lipinski definition) is 0. The SMILES string of the molecule is CC1CCN1C(=O)CN(C)I. The van der Waals surface area contributed by atoms with E-state index < -0.39 is 0 Å². The molecule has 1 fully saturated rings. The van der Waals surface area contributed by atoms with Gasteiger partial charge >= 0.3 is 0 Å². The van der Waals surface area contributed by atoms with Gasteiger partial charge in [0.1, 0.15) is 0 Å². The smallest absolute Gasteiger partial charge is 0.237 e. The number of amides is 1. The third-order valence-corrected chi connectivity index (χ3v) is 2.33. The van der Waals surface area contributed by atoms with Crippen LogP contribution in [0.25, 0.3) is 0 Å². The predicted molar refractivity (Wildman–Crippen MR) is 52.4 cm³/mol. The van der Waals surface area contributed by atoms with Crippen molar-refractivity contribution in [3.05, 3.63) is 0 Å². The average Bonchev–Trinajstić information content (AvgIpc) is 1.82. The maximum Gasteiger partial charge on any atom is 0.237 e. The van der Waals surface area contributed by atoms with E-state index in [1.54, 1.807) is 0 Å². The number of nitrogens with zero attached hydrogens (tertiary/aromatic N) is 2. The lowest BCUT2D eigenvalue weighted by atomic mass is 10.1. The molecule has 0 saturated carbocycles. The fourth-order valence-corrected chi connectivity index (χ4v) is 1.46. The molecule has 1 saturated heterocycles. The first-order valence-corrected chi connectivity index (χ1v) is 4.74. The Morgan fingerprint density at radius 1 is 1.82 bits per heavy atom. The Bertz CT molecular complexity index is 161. The molecule has 1 heterocycles. The fourth-order valence-electron chi connectivity index (χ4n) is 1.16. The molecule has 11 heavy (non-hydrogen) atoms. The molecule has 0 aromatic carbocycles. The van der Waals surface area contributed by atoms with Crippen LogP contribution in [0.1, 0.15) is 13.3 Å². The molecular formula is C7H13IN2O. The van der Waals surface area contributed by atoms with Crippen molar-refractivity contribution >= 4 is 28.8 Å². The summed E-state index contributed by atoms with van der Waals surface area (Å²) in [5, 5.41) is 0. The first-order valence-electron chi connectivity index (χ1n) is 3.77. The second-order valence-corrected chi connectivity index (χ2v) is 4.63. The van der Waals surface area contributed by atoms with Gasteiger partial charge in [-0.2, -0.15) is 0 Å². The number of likely N-dealkylation sites (tertiary alicyclic amines) is 1. The highest BCUT2D eigenvalue weighted by Gasteiger charge is 2.27. The summed E-state index contributed by atoms with van der Waals surface area (Å²) >= 11 is 2.12. The molecule has 1 unspecified atom stereocenters. The molecule has 4 heteroatoms. The van der Waals surface area contributed by atoms with Crippen molar-refractivity contribution in [2.75, 3.05) is 20.1 Å². The first-order chi connectivity index (χ1) is 5.11. The van der Waals surface area contributed by atoms with Crippen LogP contribution in [0.3, 0.4) is 0 Å². The third kappa shape index (κ3) is 2.30. The molecule has 1 amide bonds. The molecule has 0 spiro atoms. The fraction of sp³-hybridized carbons (Fsp3) is 0.857. The second kappa shape index (κ2) is 3.71. The van der Waals surface area contributed by atoms with Gasteiger partial charge in [0.15, 0.2) is 0 Å². The van der Waals surface area contributed by atoms with Crippen molar-refractivity contribution in [1.82, 2.24) is 8.01 Å². The van der Waals surface area contributed by atoms with Crippen LogP contribution < -0.4 is 0 Å². The highest BCUT2D eigenvalue weighted by molar-refractivity contribution is 14.1. The van der Waals surface area contributed by atoms with E-state index in [1.807, 2.05) is 15.1 Å². The topological polar surface area (TPSA) is 23.6 Å². The van der Waals surface area contributed by atoms with Crippen molar-refractivity contribution in [2.45, 2.75) is 19.4 Å². The van der Waals surface area contributed by atoms with Gasteiger partial charge in [-0.3, -0.25) is 4.79 Å². The Hall–Kier alpha value is 0.160. The molecule has 0 radical (unpaired) electrons. The Morgan fingerprint density at radius 2 is 2.45 bits per heavy atom. The number of rotatable bonds is 2. The zero-order valence-electron chi connectivity index (χ0n) is 6.88. The normalized spacial score (nSPS) is 23.6. The quantitative estimate of drug-likeness (QED) is 0.548. The first kappa shape index (κ1) is 9.25. The van der Waals surface area contributed by atoms with Crippen molar-refractivity contribution in [1.29, 1.82) is 0 Å². The lowest BCUT2D eigenvalue weighted by Crippen LogP contribution is -2.51. The summed E-state index contributed by atoms with van der Waals surface area (Å²) in [6.07, 6.45) is 1.16. The van der Waals surface area contributed by atoms with Gasteiger partial charge in [-0.15, -0.1) is 0 Å². The van der Waals surface area contributed by atoms with Crippen LogP contribution in [0.5, 0.6) is 0 Å². The minimum atomic E-state index is 0.251. The van der Waals surface area contributed by atoms with Crippen LogP contribution in [0.15, 0.2) is 0 Å². The van der Waals surface area contributed by atoms with E-state index in [0.29, 0.717) is 12.6 Å². The summed E-state index contributed by atoms with van der Waals surface area (Å²) in [4.78, 5) is 13.3. The van der Waals surface area contributed by atoms with E-state index in [4.69, 9.17) is 0 Å². The van der Waals surface area contributed by atoms with E-state index in [0.717, 1.165) is 13.0 Å².